The SMILES string of the molecule is Cc1nc(Sc2cccc(F)c2CCN)n[nH]1. The molecule has 0 aliphatic heterocycles. The second-order valence-corrected chi connectivity index (χ2v) is 4.57. The Morgan fingerprint density at radius 2 is 2.29 bits per heavy atom. The number of hydrogen-bond acceptors (Lipinski definition) is 4. The van der Waals surface area contributed by atoms with E-state index in [-0.39, 0.29) is 5.82 Å². The zero-order valence-corrected chi connectivity index (χ0v) is 10.2. The number of nitrogens with one attached hydrogen (secondary N) is 1. The van der Waals surface area contributed by atoms with Gasteiger partial charge in [0, 0.05) is 10.5 Å². The first kappa shape index (κ1) is 12.1. The predicted octanol–water partition coefficient (Wildman–Crippen LogP) is 1.90. The van der Waals surface area contributed by atoms with Crippen molar-refractivity contribution in [1.82, 2.24) is 15.2 Å². The summed E-state index contributed by atoms with van der Waals surface area (Å²) in [5.41, 5.74) is 6.11. The average Bonchev–Trinajstić information content (AvgIpc) is 2.69. The van der Waals surface area contributed by atoms with Crippen molar-refractivity contribution in [3.05, 3.63) is 35.4 Å². The number of aromatic nitrogens is 3. The summed E-state index contributed by atoms with van der Waals surface area (Å²) in [4.78, 5) is 4.99. The maximum Gasteiger partial charge on any atom is 0.213 e. The van der Waals surface area contributed by atoms with Crippen LogP contribution in [0.4, 0.5) is 4.39 Å². The molecule has 0 atom stereocenters. The zero-order valence-electron chi connectivity index (χ0n) is 9.40. The van der Waals surface area contributed by atoms with Crippen molar-refractivity contribution in [2.45, 2.75) is 23.4 Å². The Bertz CT molecular complexity index is 512. The first-order chi connectivity index (χ1) is 8.20. The summed E-state index contributed by atoms with van der Waals surface area (Å²) in [7, 11) is 0. The lowest BCUT2D eigenvalue weighted by Crippen LogP contribution is -2.05. The third kappa shape index (κ3) is 2.83. The van der Waals surface area contributed by atoms with Crippen LogP contribution < -0.4 is 5.73 Å². The molecule has 0 bridgehead atoms. The molecule has 4 nitrogen and oxygen atoms in total. The monoisotopic (exact) mass is 252 g/mol. The first-order valence-corrected chi connectivity index (χ1v) is 6.06. The van der Waals surface area contributed by atoms with Gasteiger partial charge in [0.25, 0.3) is 0 Å². The number of aromatic amines is 1. The molecule has 0 spiro atoms. The molecule has 17 heavy (non-hydrogen) atoms. The van der Waals surface area contributed by atoms with E-state index in [0.29, 0.717) is 23.7 Å². The van der Waals surface area contributed by atoms with Crippen molar-refractivity contribution < 1.29 is 4.39 Å². The van der Waals surface area contributed by atoms with Gasteiger partial charge in [0.2, 0.25) is 5.16 Å². The maximum absolute atomic E-state index is 13.6. The number of nitrogens with zero attached hydrogens (tertiary/aromatic N) is 2. The Labute approximate surface area is 103 Å². The lowest BCUT2D eigenvalue weighted by molar-refractivity contribution is 0.603. The number of rotatable bonds is 4. The molecule has 1 aromatic heterocycles. The first-order valence-electron chi connectivity index (χ1n) is 5.25. The highest BCUT2D eigenvalue weighted by Gasteiger charge is 2.11. The van der Waals surface area contributed by atoms with Crippen molar-refractivity contribution in [2.75, 3.05) is 6.54 Å². The van der Waals surface area contributed by atoms with Crippen LogP contribution in [0, 0.1) is 12.7 Å². The topological polar surface area (TPSA) is 67.6 Å². The Morgan fingerprint density at radius 3 is 2.94 bits per heavy atom. The molecule has 2 rings (SSSR count). The van der Waals surface area contributed by atoms with Crippen LogP contribution in [-0.2, 0) is 6.42 Å². The Morgan fingerprint density at radius 1 is 1.47 bits per heavy atom. The van der Waals surface area contributed by atoms with E-state index in [9.17, 15) is 4.39 Å². The molecule has 1 aromatic carbocycles. The van der Waals surface area contributed by atoms with Crippen molar-refractivity contribution in [3.8, 4) is 0 Å². The molecule has 0 saturated carbocycles. The molecule has 0 fully saturated rings. The highest BCUT2D eigenvalue weighted by atomic mass is 32.2. The zero-order chi connectivity index (χ0) is 12.3. The van der Waals surface area contributed by atoms with Gasteiger partial charge in [0.05, 0.1) is 0 Å². The number of halogens is 1. The Kier molecular flexibility index (Phi) is 3.75. The molecule has 0 radical (unpaired) electrons. The van der Waals surface area contributed by atoms with Crippen LogP contribution >= 0.6 is 11.8 Å². The molecule has 3 N–H and O–H groups in total. The minimum Gasteiger partial charge on any atom is -0.330 e. The van der Waals surface area contributed by atoms with Gasteiger partial charge in [-0.25, -0.2) is 9.37 Å². The number of aryl methyl sites for hydroxylation is 1. The van der Waals surface area contributed by atoms with E-state index >= 15 is 0 Å². The molecule has 2 aromatic rings. The van der Waals surface area contributed by atoms with Gasteiger partial charge in [0.1, 0.15) is 11.6 Å². The molecule has 0 aliphatic rings. The molecular weight excluding hydrogens is 239 g/mol. The molecule has 0 saturated heterocycles. The number of nitrogens with two attached hydrogens (primary N) is 1. The highest BCUT2D eigenvalue weighted by Crippen LogP contribution is 2.29. The van der Waals surface area contributed by atoms with Crippen molar-refractivity contribution in [1.29, 1.82) is 0 Å². The van der Waals surface area contributed by atoms with Crippen LogP contribution in [0.15, 0.2) is 28.3 Å². The lowest BCUT2D eigenvalue weighted by atomic mass is 10.1. The van der Waals surface area contributed by atoms with E-state index in [1.54, 1.807) is 6.07 Å². The fourth-order valence-electron chi connectivity index (χ4n) is 1.49. The standard InChI is InChI=1S/C11H13FN4S/c1-7-14-11(16-15-7)17-10-4-2-3-9(12)8(10)5-6-13/h2-4H,5-6,13H2,1H3,(H,14,15,16). The summed E-state index contributed by atoms with van der Waals surface area (Å²) in [5, 5.41) is 7.36. The Balaban J connectivity index is 2.28. The van der Waals surface area contributed by atoms with E-state index < -0.39 is 0 Å². The summed E-state index contributed by atoms with van der Waals surface area (Å²) < 4.78 is 13.6. The normalized spacial score (nSPS) is 10.8. The minimum absolute atomic E-state index is 0.229. The highest BCUT2D eigenvalue weighted by molar-refractivity contribution is 7.99. The van der Waals surface area contributed by atoms with Gasteiger partial charge >= 0.3 is 0 Å². The third-order valence-corrected chi connectivity index (χ3v) is 3.22. The molecule has 90 valence electrons. The number of H-pyrrole nitrogens is 1. The molecule has 0 aliphatic carbocycles. The second kappa shape index (κ2) is 5.29. The van der Waals surface area contributed by atoms with Crippen molar-refractivity contribution in [2.24, 2.45) is 5.73 Å². The fraction of sp³-hybridized carbons (Fsp3) is 0.273. The van der Waals surface area contributed by atoms with E-state index in [1.807, 2.05) is 13.0 Å². The van der Waals surface area contributed by atoms with Crippen molar-refractivity contribution in [3.63, 3.8) is 0 Å². The summed E-state index contributed by atoms with van der Waals surface area (Å²) in [6.07, 6.45) is 0.512. The summed E-state index contributed by atoms with van der Waals surface area (Å²) >= 11 is 1.34. The van der Waals surface area contributed by atoms with E-state index in [4.69, 9.17) is 5.73 Å². The van der Waals surface area contributed by atoms with Crippen LogP contribution in [0.3, 0.4) is 0 Å². The third-order valence-electron chi connectivity index (χ3n) is 2.25. The van der Waals surface area contributed by atoms with Gasteiger partial charge in [-0.3, -0.25) is 5.10 Å². The average molecular weight is 252 g/mol. The predicted molar refractivity (Wildman–Crippen MR) is 64.4 cm³/mol. The summed E-state index contributed by atoms with van der Waals surface area (Å²) in [5.74, 6) is 0.511. The van der Waals surface area contributed by atoms with Gasteiger partial charge in [-0.2, -0.15) is 0 Å². The molecule has 0 amide bonds. The van der Waals surface area contributed by atoms with Crippen LogP contribution in [0.25, 0.3) is 0 Å². The van der Waals surface area contributed by atoms with Crippen LogP contribution in [0.2, 0.25) is 0 Å². The second-order valence-electron chi connectivity index (χ2n) is 3.56. The molecule has 0 unspecified atom stereocenters. The minimum atomic E-state index is -0.229. The van der Waals surface area contributed by atoms with E-state index in [0.717, 1.165) is 10.7 Å². The van der Waals surface area contributed by atoms with E-state index in [1.165, 1.54) is 17.8 Å². The van der Waals surface area contributed by atoms with Gasteiger partial charge < -0.3 is 5.73 Å². The summed E-state index contributed by atoms with van der Waals surface area (Å²) in [6.45, 7) is 2.24. The Hall–Kier alpha value is -1.40. The van der Waals surface area contributed by atoms with Gasteiger partial charge in [-0.15, -0.1) is 5.10 Å². The van der Waals surface area contributed by atoms with Crippen LogP contribution in [0.5, 0.6) is 0 Å². The molecule has 6 heteroatoms. The van der Waals surface area contributed by atoms with Gasteiger partial charge in [-0.1, -0.05) is 6.07 Å². The van der Waals surface area contributed by atoms with Gasteiger partial charge in [-0.05, 0) is 43.8 Å². The summed E-state index contributed by atoms with van der Waals surface area (Å²) in [6, 6.07) is 4.97. The fourth-order valence-corrected chi connectivity index (χ4v) is 2.43. The smallest absolute Gasteiger partial charge is 0.213 e. The van der Waals surface area contributed by atoms with E-state index in [2.05, 4.69) is 15.2 Å². The largest absolute Gasteiger partial charge is 0.330 e. The maximum atomic E-state index is 13.6. The van der Waals surface area contributed by atoms with Crippen LogP contribution in [-0.4, -0.2) is 21.7 Å². The number of benzene rings is 1. The quantitative estimate of drug-likeness (QED) is 0.872. The lowest BCUT2D eigenvalue weighted by Gasteiger charge is -2.07. The van der Waals surface area contributed by atoms with Crippen molar-refractivity contribution >= 4 is 11.8 Å². The van der Waals surface area contributed by atoms with Crippen LogP contribution in [0.1, 0.15) is 11.4 Å². The molecule has 1 heterocycles. The number of hydrogen-bond donors (Lipinski definition) is 2. The van der Waals surface area contributed by atoms with Gasteiger partial charge in [0.15, 0.2) is 0 Å². The molecular formula is C11H13FN4S.